The predicted octanol–water partition coefficient (Wildman–Crippen LogP) is 8.52. The molecule has 0 spiro atoms. The van der Waals surface area contributed by atoms with Crippen molar-refractivity contribution in [3.63, 3.8) is 0 Å². The van der Waals surface area contributed by atoms with Crippen molar-refractivity contribution in [3.05, 3.63) is 209 Å². The third kappa shape index (κ3) is 7.73. The quantitative estimate of drug-likeness (QED) is 0.1000. The van der Waals surface area contributed by atoms with E-state index in [1.165, 1.54) is 0 Å². The molecule has 7 heteroatoms. The summed E-state index contributed by atoms with van der Waals surface area (Å²) in [4.78, 5) is 0. The van der Waals surface area contributed by atoms with Crippen LogP contribution in [-0.4, -0.2) is 56.1 Å². The van der Waals surface area contributed by atoms with Crippen LogP contribution in [0.15, 0.2) is 176 Å². The lowest BCUT2D eigenvalue weighted by Gasteiger charge is -2.59. The normalized spacial score (nSPS) is 21.2. The molecule has 0 aliphatic carbocycles. The minimum Gasteiger partial charge on any atom is -0.496 e. The summed E-state index contributed by atoms with van der Waals surface area (Å²) in [5, 5.41) is 11.4. The van der Waals surface area contributed by atoms with Crippen LogP contribution in [0.1, 0.15) is 33.4 Å². The van der Waals surface area contributed by atoms with Crippen LogP contribution in [-0.2, 0) is 48.9 Å². The standard InChI is InChI=1S/C48H48O7/c1-50-42-31-19-18-30-41(42)47(39-26-14-6-15-27-39,40-28-16-7-17-29-40)48(51-2)46(54-35-38-24-12-5-13-25-38)45(53-34-37-22-10-4-11-23-37)44(43(32-49)55-48)52-33-36-20-8-3-9-21-36/h3-31,43-46,49H,32-35H2,1-2H3/t43-,44-,45+,46+,48-/m1/s1. The lowest BCUT2D eigenvalue weighted by atomic mass is 9.60. The van der Waals surface area contributed by atoms with Crippen LogP contribution in [0.5, 0.6) is 5.75 Å². The van der Waals surface area contributed by atoms with Crippen LogP contribution < -0.4 is 4.74 Å². The second kappa shape index (κ2) is 18.0. The van der Waals surface area contributed by atoms with Gasteiger partial charge in [-0.05, 0) is 33.9 Å². The van der Waals surface area contributed by atoms with Gasteiger partial charge in [0.05, 0.1) is 33.5 Å². The maximum absolute atomic E-state index is 11.4. The molecule has 0 saturated carbocycles. The molecule has 1 N–H and O–H groups in total. The van der Waals surface area contributed by atoms with Gasteiger partial charge in [0.15, 0.2) is 0 Å². The van der Waals surface area contributed by atoms with Crippen LogP contribution >= 0.6 is 0 Å². The van der Waals surface area contributed by atoms with Gasteiger partial charge in [-0.1, -0.05) is 170 Å². The number of aliphatic hydroxyl groups is 1. The molecule has 7 nitrogen and oxygen atoms in total. The van der Waals surface area contributed by atoms with E-state index in [0.29, 0.717) is 5.75 Å². The van der Waals surface area contributed by atoms with Crippen molar-refractivity contribution in [2.45, 2.75) is 55.4 Å². The molecule has 6 aromatic rings. The summed E-state index contributed by atoms with van der Waals surface area (Å²) in [6, 6.07) is 58.2. The molecule has 7 rings (SSSR count). The molecule has 1 saturated heterocycles. The van der Waals surface area contributed by atoms with Crippen LogP contribution in [0.4, 0.5) is 0 Å². The zero-order chi connectivity index (χ0) is 37.9. The van der Waals surface area contributed by atoms with Crippen molar-refractivity contribution in [1.82, 2.24) is 0 Å². The average Bonchev–Trinajstić information content (AvgIpc) is 3.26. The first-order chi connectivity index (χ1) is 27.1. The van der Waals surface area contributed by atoms with Gasteiger partial charge in [-0.25, -0.2) is 0 Å². The largest absolute Gasteiger partial charge is 0.496 e. The highest BCUT2D eigenvalue weighted by atomic mass is 16.7. The Morgan fingerprint density at radius 2 is 0.945 bits per heavy atom. The molecule has 6 aromatic carbocycles. The lowest BCUT2D eigenvalue weighted by Crippen LogP contribution is -2.74. The number of hydrogen-bond acceptors (Lipinski definition) is 7. The third-order valence-electron chi connectivity index (χ3n) is 10.5. The maximum atomic E-state index is 11.4. The number of aliphatic hydroxyl groups excluding tert-OH is 1. The van der Waals surface area contributed by atoms with Gasteiger partial charge in [-0.15, -0.1) is 0 Å². The van der Waals surface area contributed by atoms with E-state index in [0.717, 1.165) is 33.4 Å². The maximum Gasteiger partial charge on any atom is 0.216 e. The minimum absolute atomic E-state index is 0.214. The first-order valence-electron chi connectivity index (χ1n) is 18.7. The van der Waals surface area contributed by atoms with Gasteiger partial charge in [-0.3, -0.25) is 0 Å². The summed E-state index contributed by atoms with van der Waals surface area (Å²) in [6.07, 6.45) is -3.47. The Kier molecular flexibility index (Phi) is 12.5. The number of ether oxygens (including phenoxy) is 6. The molecule has 55 heavy (non-hydrogen) atoms. The molecule has 1 aliphatic heterocycles. The number of hydrogen-bond donors (Lipinski definition) is 1. The van der Waals surface area contributed by atoms with Gasteiger partial charge in [0.2, 0.25) is 5.79 Å². The van der Waals surface area contributed by atoms with E-state index < -0.39 is 35.6 Å². The highest BCUT2D eigenvalue weighted by molar-refractivity contribution is 5.58. The van der Waals surface area contributed by atoms with E-state index in [2.05, 4.69) is 24.3 Å². The first-order valence-corrected chi connectivity index (χ1v) is 18.7. The summed E-state index contributed by atoms with van der Waals surface area (Å²) < 4.78 is 41.7. The summed E-state index contributed by atoms with van der Waals surface area (Å²) in [6.45, 7) is 0.341. The molecule has 5 atom stereocenters. The van der Waals surface area contributed by atoms with E-state index in [9.17, 15) is 5.11 Å². The fraction of sp³-hybridized carbons (Fsp3) is 0.250. The van der Waals surface area contributed by atoms with Crippen LogP contribution in [0.25, 0.3) is 0 Å². The van der Waals surface area contributed by atoms with E-state index in [1.807, 2.05) is 152 Å². The SMILES string of the molecule is COc1ccccc1C(c1ccccc1)(c1ccccc1)[C@]1(OC)O[C@H](CO)[C@@H](OCc2ccccc2)[C@H](OCc2ccccc2)[C@@H]1OCc1ccccc1. The zero-order valence-electron chi connectivity index (χ0n) is 31.3. The van der Waals surface area contributed by atoms with E-state index in [4.69, 9.17) is 28.4 Å². The van der Waals surface area contributed by atoms with Gasteiger partial charge in [-0.2, -0.15) is 0 Å². The Morgan fingerprint density at radius 3 is 1.40 bits per heavy atom. The molecule has 0 amide bonds. The molecule has 0 bridgehead atoms. The van der Waals surface area contributed by atoms with Crippen molar-refractivity contribution in [2.75, 3.05) is 20.8 Å². The van der Waals surface area contributed by atoms with Gasteiger partial charge >= 0.3 is 0 Å². The Bertz CT molecular complexity index is 1990. The first kappa shape index (κ1) is 38.2. The van der Waals surface area contributed by atoms with E-state index >= 15 is 0 Å². The average molecular weight is 737 g/mol. The molecular formula is C48H48O7. The minimum atomic E-state index is -1.71. The third-order valence-corrected chi connectivity index (χ3v) is 10.5. The van der Waals surface area contributed by atoms with Crippen molar-refractivity contribution >= 4 is 0 Å². The van der Waals surface area contributed by atoms with Crippen molar-refractivity contribution < 1.29 is 33.5 Å². The molecule has 282 valence electrons. The smallest absolute Gasteiger partial charge is 0.216 e. The number of rotatable bonds is 16. The van der Waals surface area contributed by atoms with E-state index in [1.54, 1.807) is 14.2 Å². The van der Waals surface area contributed by atoms with Crippen LogP contribution in [0.3, 0.4) is 0 Å². The summed E-state index contributed by atoms with van der Waals surface area (Å²) in [7, 11) is 3.31. The molecule has 1 heterocycles. The summed E-state index contributed by atoms with van der Waals surface area (Å²) in [5.74, 6) is -1.08. The highest BCUT2D eigenvalue weighted by Gasteiger charge is 2.69. The molecule has 0 radical (unpaired) electrons. The summed E-state index contributed by atoms with van der Waals surface area (Å²) in [5.41, 5.74) is 4.15. The van der Waals surface area contributed by atoms with E-state index in [-0.39, 0.29) is 26.4 Å². The lowest BCUT2D eigenvalue weighted by molar-refractivity contribution is -0.390. The monoisotopic (exact) mass is 736 g/mol. The van der Waals surface area contributed by atoms with Gasteiger partial charge in [0.25, 0.3) is 0 Å². The van der Waals surface area contributed by atoms with Crippen LogP contribution in [0, 0.1) is 0 Å². The van der Waals surface area contributed by atoms with Crippen LogP contribution in [0.2, 0.25) is 0 Å². The molecule has 1 fully saturated rings. The van der Waals surface area contributed by atoms with Crippen molar-refractivity contribution in [2.24, 2.45) is 0 Å². The molecule has 1 aliphatic rings. The second-order valence-electron chi connectivity index (χ2n) is 13.6. The highest BCUT2D eigenvalue weighted by Crippen LogP contribution is 2.57. The number of methoxy groups -OCH3 is 2. The zero-order valence-corrected chi connectivity index (χ0v) is 31.3. The fourth-order valence-corrected chi connectivity index (χ4v) is 8.00. The number of benzene rings is 6. The number of para-hydroxylation sites is 1. The molecule has 0 aromatic heterocycles. The Labute approximate surface area is 324 Å². The Balaban J connectivity index is 1.50. The van der Waals surface area contributed by atoms with Crippen molar-refractivity contribution in [1.29, 1.82) is 0 Å². The Morgan fingerprint density at radius 1 is 0.527 bits per heavy atom. The summed E-state index contributed by atoms with van der Waals surface area (Å²) >= 11 is 0. The van der Waals surface area contributed by atoms with Gasteiger partial charge in [0.1, 0.15) is 35.6 Å². The van der Waals surface area contributed by atoms with Crippen molar-refractivity contribution in [3.8, 4) is 5.75 Å². The van der Waals surface area contributed by atoms with Gasteiger partial charge in [0, 0.05) is 12.7 Å². The van der Waals surface area contributed by atoms with Gasteiger partial charge < -0.3 is 33.5 Å². The Hall–Kier alpha value is -5.12. The fourth-order valence-electron chi connectivity index (χ4n) is 8.00. The molecular weight excluding hydrogens is 689 g/mol. The predicted molar refractivity (Wildman–Crippen MR) is 213 cm³/mol. The molecule has 0 unspecified atom stereocenters. The topological polar surface area (TPSA) is 75.6 Å². The second-order valence-corrected chi connectivity index (χ2v) is 13.6.